The number of aryl methyl sites for hydroxylation is 3. The summed E-state index contributed by atoms with van der Waals surface area (Å²) in [5.41, 5.74) is 6.15. The number of hydrogen-bond acceptors (Lipinski definition) is 3. The van der Waals surface area contributed by atoms with E-state index in [-0.39, 0.29) is 12.2 Å². The molecule has 0 amide bonds. The largest absolute Gasteiger partial charge is 0.362 e. The van der Waals surface area contributed by atoms with Gasteiger partial charge in [-0.25, -0.2) is 4.98 Å². The number of likely N-dealkylation sites (tertiary alicyclic amines) is 1. The third-order valence-corrected chi connectivity index (χ3v) is 6.31. The molecule has 0 N–H and O–H groups in total. The average molecular weight is 388 g/mol. The van der Waals surface area contributed by atoms with E-state index in [1.54, 1.807) is 0 Å². The highest BCUT2D eigenvalue weighted by atomic mass is 16.5. The first-order chi connectivity index (χ1) is 14.2. The lowest BCUT2D eigenvalue weighted by Crippen LogP contribution is -2.35. The first-order valence-electron chi connectivity index (χ1n) is 10.7. The standard InChI is InChI=1S/C25H29N3O/c1-18-6-5-8-20(16-18)23-17-28-15-10-19-7-3-4-9-22(19)24(25(28)26-23)29-21-11-13-27(2)14-12-21/h3-9,16-17,21,24H,10-15H2,1-2H3. The number of imidazole rings is 1. The van der Waals surface area contributed by atoms with E-state index in [0.717, 1.165) is 50.4 Å². The van der Waals surface area contributed by atoms with Crippen LogP contribution in [0.2, 0.25) is 0 Å². The fourth-order valence-electron chi connectivity index (χ4n) is 4.61. The smallest absolute Gasteiger partial charge is 0.143 e. The molecule has 0 bridgehead atoms. The maximum Gasteiger partial charge on any atom is 0.143 e. The molecule has 1 atom stereocenters. The van der Waals surface area contributed by atoms with Crippen LogP contribution in [0.3, 0.4) is 0 Å². The number of piperidine rings is 1. The van der Waals surface area contributed by atoms with Crippen LogP contribution in [0, 0.1) is 6.92 Å². The van der Waals surface area contributed by atoms with Crippen LogP contribution in [0.1, 0.15) is 41.5 Å². The second-order valence-electron chi connectivity index (χ2n) is 8.51. The number of hydrogen-bond donors (Lipinski definition) is 0. The van der Waals surface area contributed by atoms with Crippen LogP contribution in [-0.2, 0) is 17.7 Å². The highest BCUT2D eigenvalue weighted by molar-refractivity contribution is 5.60. The lowest BCUT2D eigenvalue weighted by atomic mass is 10.00. The molecule has 4 nitrogen and oxygen atoms in total. The highest BCUT2D eigenvalue weighted by Crippen LogP contribution is 2.35. The molecule has 4 heteroatoms. The Morgan fingerprint density at radius 3 is 2.66 bits per heavy atom. The van der Waals surface area contributed by atoms with E-state index in [2.05, 4.69) is 78.2 Å². The van der Waals surface area contributed by atoms with Crippen molar-refractivity contribution >= 4 is 0 Å². The summed E-state index contributed by atoms with van der Waals surface area (Å²) >= 11 is 0. The molecule has 3 aromatic rings. The van der Waals surface area contributed by atoms with Crippen LogP contribution in [0.25, 0.3) is 11.3 Å². The highest BCUT2D eigenvalue weighted by Gasteiger charge is 2.30. The van der Waals surface area contributed by atoms with E-state index in [1.807, 2.05) is 0 Å². The van der Waals surface area contributed by atoms with Gasteiger partial charge < -0.3 is 14.2 Å². The second-order valence-corrected chi connectivity index (χ2v) is 8.51. The SMILES string of the molecule is Cc1cccc(-c2cn3c(n2)C(OC2CCN(C)CC2)c2ccccc2CC3)c1. The van der Waals surface area contributed by atoms with Crippen molar-refractivity contribution in [3.63, 3.8) is 0 Å². The molecule has 1 fully saturated rings. The molecular formula is C25H29N3O. The van der Waals surface area contributed by atoms with E-state index >= 15 is 0 Å². The van der Waals surface area contributed by atoms with Gasteiger partial charge in [-0.2, -0.15) is 0 Å². The molecule has 3 heterocycles. The summed E-state index contributed by atoms with van der Waals surface area (Å²) in [6.45, 7) is 5.27. The predicted octanol–water partition coefficient (Wildman–Crippen LogP) is 4.61. The number of fused-ring (bicyclic) bond motifs is 2. The van der Waals surface area contributed by atoms with Gasteiger partial charge in [0.2, 0.25) is 0 Å². The van der Waals surface area contributed by atoms with Gasteiger partial charge in [0.05, 0.1) is 11.8 Å². The fraction of sp³-hybridized carbons (Fsp3) is 0.400. The van der Waals surface area contributed by atoms with Gasteiger partial charge in [0, 0.05) is 31.4 Å². The summed E-state index contributed by atoms with van der Waals surface area (Å²) in [5.74, 6) is 1.05. The number of nitrogens with zero attached hydrogens (tertiary/aromatic N) is 3. The molecule has 29 heavy (non-hydrogen) atoms. The van der Waals surface area contributed by atoms with Crippen molar-refractivity contribution < 1.29 is 4.74 Å². The van der Waals surface area contributed by atoms with Crippen LogP contribution in [0.5, 0.6) is 0 Å². The Kier molecular flexibility index (Phi) is 4.98. The van der Waals surface area contributed by atoms with Crippen molar-refractivity contribution in [2.24, 2.45) is 0 Å². The maximum absolute atomic E-state index is 6.78. The first-order valence-corrected chi connectivity index (χ1v) is 10.7. The quantitative estimate of drug-likeness (QED) is 0.657. The van der Waals surface area contributed by atoms with Gasteiger partial charge in [-0.05, 0) is 50.4 Å². The average Bonchev–Trinajstić information content (AvgIpc) is 3.10. The summed E-state index contributed by atoms with van der Waals surface area (Å²) in [6.07, 6.45) is 5.58. The third-order valence-electron chi connectivity index (χ3n) is 6.31. The molecule has 5 rings (SSSR count). The van der Waals surface area contributed by atoms with Gasteiger partial charge in [0.15, 0.2) is 0 Å². The molecule has 2 aromatic carbocycles. The molecule has 0 spiro atoms. The molecule has 1 aromatic heterocycles. The molecular weight excluding hydrogens is 358 g/mol. The van der Waals surface area contributed by atoms with Crippen LogP contribution >= 0.6 is 0 Å². The molecule has 2 aliphatic heterocycles. The topological polar surface area (TPSA) is 30.3 Å². The van der Waals surface area contributed by atoms with E-state index in [0.29, 0.717) is 0 Å². The number of benzene rings is 2. The van der Waals surface area contributed by atoms with Crippen molar-refractivity contribution in [3.8, 4) is 11.3 Å². The molecule has 1 unspecified atom stereocenters. The van der Waals surface area contributed by atoms with E-state index in [4.69, 9.17) is 9.72 Å². The van der Waals surface area contributed by atoms with Crippen LogP contribution in [-0.4, -0.2) is 40.7 Å². The molecule has 1 saturated heterocycles. The molecule has 0 saturated carbocycles. The van der Waals surface area contributed by atoms with Gasteiger partial charge in [-0.1, -0.05) is 48.0 Å². The Bertz CT molecular complexity index is 1000. The van der Waals surface area contributed by atoms with Gasteiger partial charge in [0.25, 0.3) is 0 Å². The summed E-state index contributed by atoms with van der Waals surface area (Å²) in [6, 6.07) is 17.3. The first kappa shape index (κ1) is 18.6. The maximum atomic E-state index is 6.78. The van der Waals surface area contributed by atoms with Gasteiger partial charge in [-0.15, -0.1) is 0 Å². The molecule has 150 valence electrons. The minimum Gasteiger partial charge on any atom is -0.362 e. The van der Waals surface area contributed by atoms with Crippen LogP contribution in [0.15, 0.2) is 54.7 Å². The van der Waals surface area contributed by atoms with E-state index in [1.165, 1.54) is 22.3 Å². The zero-order valence-corrected chi connectivity index (χ0v) is 17.3. The normalized spacial score (nSPS) is 20.1. The number of rotatable bonds is 3. The van der Waals surface area contributed by atoms with Gasteiger partial charge in [-0.3, -0.25) is 0 Å². The Morgan fingerprint density at radius 1 is 1.00 bits per heavy atom. The minimum atomic E-state index is -0.0966. The Balaban J connectivity index is 1.53. The molecule has 0 aliphatic carbocycles. The van der Waals surface area contributed by atoms with Crippen LogP contribution in [0.4, 0.5) is 0 Å². The zero-order valence-electron chi connectivity index (χ0n) is 17.3. The lowest BCUT2D eigenvalue weighted by Gasteiger charge is -2.32. The fourth-order valence-corrected chi connectivity index (χ4v) is 4.61. The summed E-state index contributed by atoms with van der Waals surface area (Å²) < 4.78 is 9.09. The Labute approximate surface area is 173 Å². The van der Waals surface area contributed by atoms with E-state index in [9.17, 15) is 0 Å². The van der Waals surface area contributed by atoms with Crippen molar-refractivity contribution in [1.29, 1.82) is 0 Å². The second kappa shape index (κ2) is 7.77. The van der Waals surface area contributed by atoms with E-state index < -0.39 is 0 Å². The van der Waals surface area contributed by atoms with Crippen LogP contribution < -0.4 is 0 Å². The van der Waals surface area contributed by atoms with Gasteiger partial charge >= 0.3 is 0 Å². The predicted molar refractivity (Wildman–Crippen MR) is 116 cm³/mol. The van der Waals surface area contributed by atoms with Crippen molar-refractivity contribution in [2.75, 3.05) is 20.1 Å². The molecule has 2 aliphatic rings. The monoisotopic (exact) mass is 387 g/mol. The Morgan fingerprint density at radius 2 is 1.83 bits per heavy atom. The lowest BCUT2D eigenvalue weighted by molar-refractivity contribution is -0.0275. The summed E-state index contributed by atoms with van der Waals surface area (Å²) in [4.78, 5) is 7.50. The van der Waals surface area contributed by atoms with Crippen molar-refractivity contribution in [1.82, 2.24) is 14.5 Å². The van der Waals surface area contributed by atoms with Gasteiger partial charge in [0.1, 0.15) is 11.9 Å². The molecule has 0 radical (unpaired) electrons. The van der Waals surface area contributed by atoms with Crippen molar-refractivity contribution in [3.05, 3.63) is 77.2 Å². The summed E-state index contributed by atoms with van der Waals surface area (Å²) in [5, 5.41) is 0. The minimum absolute atomic E-state index is 0.0966. The zero-order chi connectivity index (χ0) is 19.8. The summed E-state index contributed by atoms with van der Waals surface area (Å²) in [7, 11) is 2.19. The number of ether oxygens (including phenoxy) is 1. The Hall–Kier alpha value is -2.43. The van der Waals surface area contributed by atoms with Crippen molar-refractivity contribution in [2.45, 2.75) is 44.9 Å². The third kappa shape index (κ3) is 3.75. The number of aromatic nitrogens is 2.